The van der Waals surface area contributed by atoms with Crippen LogP contribution >= 0.6 is 0 Å². The number of benzene rings is 2. The summed E-state index contributed by atoms with van der Waals surface area (Å²) < 4.78 is 5.63. The molecule has 0 saturated heterocycles. The van der Waals surface area contributed by atoms with Gasteiger partial charge in [-0.2, -0.15) is 5.10 Å². The van der Waals surface area contributed by atoms with Gasteiger partial charge >= 0.3 is 11.8 Å². The first kappa shape index (κ1) is 23.6. The Kier molecular flexibility index (Phi) is 8.75. The van der Waals surface area contributed by atoms with Gasteiger partial charge in [0.25, 0.3) is 5.91 Å². The van der Waals surface area contributed by atoms with Crippen LogP contribution in [0.5, 0.6) is 5.75 Å². The summed E-state index contributed by atoms with van der Waals surface area (Å²) in [6.07, 6.45) is 2.07. The van der Waals surface area contributed by atoms with Gasteiger partial charge in [0.15, 0.2) is 6.61 Å². The molecule has 3 N–H and O–H groups in total. The zero-order valence-electron chi connectivity index (χ0n) is 18.2. The second kappa shape index (κ2) is 11.5. The van der Waals surface area contributed by atoms with Crippen LogP contribution in [0.2, 0.25) is 0 Å². The smallest absolute Gasteiger partial charge is 0.329 e. The molecule has 3 amide bonds. The van der Waals surface area contributed by atoms with Crippen molar-refractivity contribution in [3.63, 3.8) is 0 Å². The summed E-state index contributed by atoms with van der Waals surface area (Å²) in [7, 11) is 0. The summed E-state index contributed by atoms with van der Waals surface area (Å²) in [6.45, 7) is 7.36. The number of anilines is 1. The lowest BCUT2D eigenvalue weighted by Crippen LogP contribution is -2.41. The molecule has 2 aromatic rings. The van der Waals surface area contributed by atoms with E-state index in [-0.39, 0.29) is 18.6 Å². The fraction of sp³-hybridized carbons (Fsp3) is 0.304. The van der Waals surface area contributed by atoms with Crippen molar-refractivity contribution >= 4 is 29.6 Å². The van der Waals surface area contributed by atoms with Gasteiger partial charge in [0, 0.05) is 17.3 Å². The number of amides is 3. The number of hydrogen-bond donors (Lipinski definition) is 3. The number of aryl methyl sites for hydroxylation is 2. The van der Waals surface area contributed by atoms with Crippen LogP contribution in [0.25, 0.3) is 0 Å². The predicted octanol–water partition coefficient (Wildman–Crippen LogP) is 2.69. The highest BCUT2D eigenvalue weighted by molar-refractivity contribution is 6.35. The van der Waals surface area contributed by atoms with Crippen molar-refractivity contribution in [2.24, 2.45) is 5.10 Å². The summed E-state index contributed by atoms with van der Waals surface area (Å²) in [5.41, 5.74) is 5.43. The standard InChI is InChI=1S/C23H28N4O4/c1-5-17(4)25-22(29)23(30)27-24-13-18-11-6-7-12-19(18)31-14-20(28)26-21-15(2)9-8-10-16(21)3/h6-13,17H,5,14H2,1-4H3,(H,25,29)(H,26,28)(H,27,30)/b24-13-/t17-/m0/s1. The van der Waals surface area contributed by atoms with E-state index in [1.165, 1.54) is 6.21 Å². The minimum Gasteiger partial charge on any atom is -0.483 e. The Morgan fingerprint density at radius 1 is 1.03 bits per heavy atom. The monoisotopic (exact) mass is 424 g/mol. The molecule has 31 heavy (non-hydrogen) atoms. The lowest BCUT2D eigenvalue weighted by molar-refractivity contribution is -0.139. The van der Waals surface area contributed by atoms with Crippen LogP contribution < -0.4 is 20.8 Å². The molecule has 1 atom stereocenters. The third-order valence-corrected chi connectivity index (χ3v) is 4.59. The van der Waals surface area contributed by atoms with E-state index in [0.717, 1.165) is 16.8 Å². The zero-order valence-corrected chi connectivity index (χ0v) is 18.2. The molecule has 0 aliphatic heterocycles. The highest BCUT2D eigenvalue weighted by Gasteiger charge is 2.14. The minimum absolute atomic E-state index is 0.106. The number of hydrazone groups is 1. The lowest BCUT2D eigenvalue weighted by atomic mass is 10.1. The molecule has 0 aromatic heterocycles. The van der Waals surface area contributed by atoms with Crippen LogP contribution in [0.15, 0.2) is 47.6 Å². The normalized spacial score (nSPS) is 11.6. The largest absolute Gasteiger partial charge is 0.483 e. The molecule has 0 heterocycles. The van der Waals surface area contributed by atoms with Gasteiger partial charge in [0.1, 0.15) is 5.75 Å². The first-order chi connectivity index (χ1) is 14.8. The van der Waals surface area contributed by atoms with Crippen molar-refractivity contribution in [2.75, 3.05) is 11.9 Å². The van der Waals surface area contributed by atoms with Crippen LogP contribution in [0.3, 0.4) is 0 Å². The molecular formula is C23H28N4O4. The van der Waals surface area contributed by atoms with E-state index in [2.05, 4.69) is 21.2 Å². The van der Waals surface area contributed by atoms with Crippen LogP contribution in [0.1, 0.15) is 37.0 Å². The van der Waals surface area contributed by atoms with E-state index in [0.29, 0.717) is 17.7 Å². The summed E-state index contributed by atoms with van der Waals surface area (Å²) in [5, 5.41) is 9.22. The van der Waals surface area contributed by atoms with E-state index >= 15 is 0 Å². The Balaban J connectivity index is 1.94. The van der Waals surface area contributed by atoms with Crippen LogP contribution in [-0.2, 0) is 14.4 Å². The second-order valence-electron chi connectivity index (χ2n) is 7.12. The molecule has 0 radical (unpaired) electrons. The van der Waals surface area contributed by atoms with Gasteiger partial charge in [0.05, 0.1) is 6.21 Å². The molecule has 0 saturated carbocycles. The molecule has 164 valence electrons. The van der Waals surface area contributed by atoms with Gasteiger partial charge < -0.3 is 15.4 Å². The molecule has 0 spiro atoms. The average Bonchev–Trinajstić information content (AvgIpc) is 2.75. The third-order valence-electron chi connectivity index (χ3n) is 4.59. The fourth-order valence-corrected chi connectivity index (χ4v) is 2.65. The van der Waals surface area contributed by atoms with Crippen LogP contribution in [-0.4, -0.2) is 36.6 Å². The van der Waals surface area contributed by atoms with Gasteiger partial charge in [-0.3, -0.25) is 14.4 Å². The second-order valence-corrected chi connectivity index (χ2v) is 7.12. The molecule has 0 bridgehead atoms. The van der Waals surface area contributed by atoms with Gasteiger partial charge in [-0.1, -0.05) is 37.3 Å². The third kappa shape index (κ3) is 7.26. The fourth-order valence-electron chi connectivity index (χ4n) is 2.65. The van der Waals surface area contributed by atoms with E-state index in [1.54, 1.807) is 31.2 Å². The van der Waals surface area contributed by atoms with Crippen LogP contribution in [0, 0.1) is 13.8 Å². The molecule has 8 heteroatoms. The molecular weight excluding hydrogens is 396 g/mol. The number of carbonyl (C=O) groups is 3. The van der Waals surface area contributed by atoms with Crippen molar-refractivity contribution in [2.45, 2.75) is 40.2 Å². The molecule has 8 nitrogen and oxygen atoms in total. The van der Waals surface area contributed by atoms with Crippen molar-refractivity contribution in [1.29, 1.82) is 0 Å². The highest BCUT2D eigenvalue weighted by Crippen LogP contribution is 2.20. The summed E-state index contributed by atoms with van der Waals surface area (Å²) in [4.78, 5) is 35.8. The predicted molar refractivity (Wildman–Crippen MR) is 120 cm³/mol. The summed E-state index contributed by atoms with van der Waals surface area (Å²) in [6, 6.07) is 12.6. The Hall–Kier alpha value is -3.68. The number of para-hydroxylation sites is 2. The molecule has 2 aromatic carbocycles. The van der Waals surface area contributed by atoms with E-state index in [1.807, 2.05) is 39.0 Å². The maximum atomic E-state index is 12.3. The Morgan fingerprint density at radius 3 is 2.39 bits per heavy atom. The summed E-state index contributed by atoms with van der Waals surface area (Å²) >= 11 is 0. The number of nitrogens with one attached hydrogen (secondary N) is 3. The van der Waals surface area contributed by atoms with Gasteiger partial charge in [0.2, 0.25) is 0 Å². The average molecular weight is 425 g/mol. The molecule has 0 aliphatic rings. The first-order valence-electron chi connectivity index (χ1n) is 10.0. The SMILES string of the molecule is CC[C@H](C)NC(=O)C(=O)N/N=C\c1ccccc1OCC(=O)Nc1c(C)cccc1C. The molecule has 0 aliphatic carbocycles. The quantitative estimate of drug-likeness (QED) is 0.344. The van der Waals surface area contributed by atoms with E-state index in [4.69, 9.17) is 4.74 Å². The van der Waals surface area contributed by atoms with E-state index < -0.39 is 11.8 Å². The maximum Gasteiger partial charge on any atom is 0.329 e. The van der Waals surface area contributed by atoms with E-state index in [9.17, 15) is 14.4 Å². The number of hydrogen-bond acceptors (Lipinski definition) is 5. The maximum absolute atomic E-state index is 12.3. The van der Waals surface area contributed by atoms with Crippen LogP contribution in [0.4, 0.5) is 5.69 Å². The lowest BCUT2D eigenvalue weighted by Gasteiger charge is -2.13. The van der Waals surface area contributed by atoms with Crippen molar-refractivity contribution < 1.29 is 19.1 Å². The topological polar surface area (TPSA) is 109 Å². The molecule has 2 rings (SSSR count). The number of ether oxygens (including phenoxy) is 1. The first-order valence-corrected chi connectivity index (χ1v) is 10.0. The number of nitrogens with zero attached hydrogens (tertiary/aromatic N) is 1. The molecule has 0 unspecified atom stereocenters. The number of rotatable bonds is 8. The van der Waals surface area contributed by atoms with Crippen molar-refractivity contribution in [3.8, 4) is 5.75 Å². The molecule has 0 fully saturated rings. The Labute approximate surface area is 182 Å². The summed E-state index contributed by atoms with van der Waals surface area (Å²) in [5.74, 6) is -1.48. The van der Waals surface area contributed by atoms with Gasteiger partial charge in [-0.05, 0) is 50.5 Å². The highest BCUT2D eigenvalue weighted by atomic mass is 16.5. The Bertz CT molecular complexity index is 952. The zero-order chi connectivity index (χ0) is 22.8. The van der Waals surface area contributed by atoms with Crippen molar-refractivity contribution in [3.05, 3.63) is 59.2 Å². The Morgan fingerprint density at radius 2 is 1.71 bits per heavy atom. The number of carbonyl (C=O) groups excluding carboxylic acids is 3. The van der Waals surface area contributed by atoms with Gasteiger partial charge in [-0.15, -0.1) is 0 Å². The van der Waals surface area contributed by atoms with Crippen molar-refractivity contribution in [1.82, 2.24) is 10.7 Å². The minimum atomic E-state index is -0.858. The van der Waals surface area contributed by atoms with Gasteiger partial charge in [-0.25, -0.2) is 5.43 Å².